The third-order valence-corrected chi connectivity index (χ3v) is 5.31. The summed E-state index contributed by atoms with van der Waals surface area (Å²) >= 11 is 14.0. The Labute approximate surface area is 141 Å². The van der Waals surface area contributed by atoms with E-state index in [0.29, 0.717) is 22.1 Å². The van der Waals surface area contributed by atoms with Crippen LogP contribution in [0.1, 0.15) is 41.6 Å². The zero-order chi connectivity index (χ0) is 15.4. The van der Waals surface area contributed by atoms with Gasteiger partial charge in [-0.25, -0.2) is 0 Å². The molecule has 0 aliphatic carbocycles. The molecule has 21 heavy (non-hydrogen) atoms. The van der Waals surface area contributed by atoms with Gasteiger partial charge >= 0.3 is 0 Å². The van der Waals surface area contributed by atoms with Gasteiger partial charge in [0.2, 0.25) is 0 Å². The Kier molecular flexibility index (Phi) is 6.12. The normalized spacial score (nSPS) is 14.1. The Morgan fingerprint density at radius 3 is 2.48 bits per heavy atom. The van der Waals surface area contributed by atoms with Crippen molar-refractivity contribution in [1.82, 2.24) is 5.32 Å². The van der Waals surface area contributed by atoms with Crippen molar-refractivity contribution in [2.24, 2.45) is 0 Å². The summed E-state index contributed by atoms with van der Waals surface area (Å²) < 4.78 is 0. The van der Waals surface area contributed by atoms with Crippen molar-refractivity contribution in [3.63, 3.8) is 0 Å². The van der Waals surface area contributed by atoms with Crippen LogP contribution in [0.3, 0.4) is 0 Å². The predicted molar refractivity (Wildman–Crippen MR) is 94.9 cm³/mol. The summed E-state index contributed by atoms with van der Waals surface area (Å²) in [5.74, 6) is 0. The zero-order valence-corrected chi connectivity index (χ0v) is 14.9. The number of thiophene rings is 1. The molecule has 1 aromatic carbocycles. The molecule has 2 aromatic rings. The van der Waals surface area contributed by atoms with Gasteiger partial charge in [0, 0.05) is 21.8 Å². The lowest BCUT2D eigenvalue weighted by molar-refractivity contribution is 0.445. The fourth-order valence-corrected chi connectivity index (χ4v) is 3.80. The van der Waals surface area contributed by atoms with Crippen LogP contribution in [0.4, 0.5) is 0 Å². The number of hydrogen-bond donors (Lipinski definition) is 1. The SMILES string of the molecule is CCC(NC(C)Cc1ccc(C)s1)c1ccc(Cl)c(Cl)c1. The summed E-state index contributed by atoms with van der Waals surface area (Å²) in [7, 11) is 0. The average molecular weight is 342 g/mol. The Bertz CT molecular complexity index is 594. The molecule has 1 N–H and O–H groups in total. The number of benzene rings is 1. The monoisotopic (exact) mass is 341 g/mol. The molecule has 1 aromatic heterocycles. The maximum absolute atomic E-state index is 6.13. The highest BCUT2D eigenvalue weighted by Crippen LogP contribution is 2.27. The van der Waals surface area contributed by atoms with Gasteiger partial charge in [-0.3, -0.25) is 0 Å². The number of nitrogens with one attached hydrogen (secondary N) is 1. The van der Waals surface area contributed by atoms with E-state index in [9.17, 15) is 0 Å². The zero-order valence-electron chi connectivity index (χ0n) is 12.6. The van der Waals surface area contributed by atoms with E-state index in [1.807, 2.05) is 23.5 Å². The summed E-state index contributed by atoms with van der Waals surface area (Å²) in [5.41, 5.74) is 1.20. The molecule has 0 fully saturated rings. The van der Waals surface area contributed by atoms with Crippen molar-refractivity contribution in [1.29, 1.82) is 0 Å². The van der Waals surface area contributed by atoms with Crippen LogP contribution >= 0.6 is 34.5 Å². The molecular weight excluding hydrogens is 321 g/mol. The lowest BCUT2D eigenvalue weighted by atomic mass is 10.0. The fraction of sp³-hybridized carbons (Fsp3) is 0.412. The minimum atomic E-state index is 0.302. The number of rotatable bonds is 6. The minimum absolute atomic E-state index is 0.302. The molecular formula is C17H21Cl2NS. The smallest absolute Gasteiger partial charge is 0.0595 e. The average Bonchev–Trinajstić information content (AvgIpc) is 2.84. The van der Waals surface area contributed by atoms with Crippen LogP contribution in [-0.4, -0.2) is 6.04 Å². The van der Waals surface area contributed by atoms with Crippen LogP contribution in [0.25, 0.3) is 0 Å². The topological polar surface area (TPSA) is 12.0 Å². The Hall–Kier alpha value is -0.540. The molecule has 0 saturated heterocycles. The van der Waals surface area contributed by atoms with Crippen molar-refractivity contribution >= 4 is 34.5 Å². The second kappa shape index (κ2) is 7.64. The van der Waals surface area contributed by atoms with Gasteiger partial charge in [0.25, 0.3) is 0 Å². The summed E-state index contributed by atoms with van der Waals surface area (Å²) in [6, 6.07) is 11.0. The van der Waals surface area contributed by atoms with Gasteiger partial charge in [-0.15, -0.1) is 11.3 Å². The molecule has 1 heterocycles. The highest BCUT2D eigenvalue weighted by molar-refractivity contribution is 7.11. The molecule has 114 valence electrons. The standard InChI is InChI=1S/C17H21Cl2NS/c1-4-17(13-6-8-15(18)16(19)10-13)20-11(2)9-14-7-5-12(3)21-14/h5-8,10-11,17,20H,4,9H2,1-3H3. The van der Waals surface area contributed by atoms with E-state index in [2.05, 4.69) is 44.3 Å². The molecule has 1 nitrogen and oxygen atoms in total. The van der Waals surface area contributed by atoms with E-state index in [0.717, 1.165) is 12.8 Å². The third-order valence-electron chi connectivity index (χ3n) is 3.54. The second-order valence-electron chi connectivity index (χ2n) is 5.42. The van der Waals surface area contributed by atoms with Crippen molar-refractivity contribution < 1.29 is 0 Å². The molecule has 0 amide bonds. The lowest BCUT2D eigenvalue weighted by Gasteiger charge is -2.23. The molecule has 4 heteroatoms. The lowest BCUT2D eigenvalue weighted by Crippen LogP contribution is -2.31. The van der Waals surface area contributed by atoms with Crippen LogP contribution in [0.2, 0.25) is 10.0 Å². The summed E-state index contributed by atoms with van der Waals surface area (Å²) in [5, 5.41) is 4.92. The van der Waals surface area contributed by atoms with Crippen molar-refractivity contribution in [2.75, 3.05) is 0 Å². The molecule has 2 atom stereocenters. The van der Waals surface area contributed by atoms with Gasteiger partial charge in [0.1, 0.15) is 0 Å². The predicted octanol–water partition coefficient (Wildman–Crippen LogP) is 6.04. The highest BCUT2D eigenvalue weighted by atomic mass is 35.5. The van der Waals surface area contributed by atoms with E-state index in [-0.39, 0.29) is 0 Å². The van der Waals surface area contributed by atoms with Gasteiger partial charge < -0.3 is 5.32 Å². The summed E-state index contributed by atoms with van der Waals surface area (Å²) in [6.07, 6.45) is 2.07. The first-order chi connectivity index (χ1) is 9.99. The van der Waals surface area contributed by atoms with Crippen molar-refractivity contribution in [3.05, 3.63) is 55.7 Å². The van der Waals surface area contributed by atoms with Gasteiger partial charge in [0.05, 0.1) is 10.0 Å². The minimum Gasteiger partial charge on any atom is -0.307 e. The van der Waals surface area contributed by atoms with Gasteiger partial charge in [-0.05, 0) is 56.5 Å². The fourth-order valence-electron chi connectivity index (χ4n) is 2.48. The summed E-state index contributed by atoms with van der Waals surface area (Å²) in [4.78, 5) is 2.80. The molecule has 2 unspecified atom stereocenters. The molecule has 0 radical (unpaired) electrons. The number of aryl methyl sites for hydroxylation is 1. The highest BCUT2D eigenvalue weighted by Gasteiger charge is 2.14. The first-order valence-corrected chi connectivity index (χ1v) is 8.83. The quantitative estimate of drug-likeness (QED) is 0.675. The largest absolute Gasteiger partial charge is 0.307 e. The van der Waals surface area contributed by atoms with E-state index >= 15 is 0 Å². The Morgan fingerprint density at radius 2 is 1.90 bits per heavy atom. The summed E-state index contributed by atoms with van der Waals surface area (Å²) in [6.45, 7) is 6.56. The molecule has 0 saturated carbocycles. The van der Waals surface area contributed by atoms with Crippen molar-refractivity contribution in [3.8, 4) is 0 Å². The van der Waals surface area contributed by atoms with Crippen LogP contribution in [0.15, 0.2) is 30.3 Å². The Balaban J connectivity index is 2.02. The number of hydrogen-bond acceptors (Lipinski definition) is 2. The van der Waals surface area contributed by atoms with E-state index in [1.54, 1.807) is 0 Å². The maximum Gasteiger partial charge on any atom is 0.0595 e. The molecule has 0 aliphatic rings. The van der Waals surface area contributed by atoms with Crippen molar-refractivity contribution in [2.45, 2.75) is 45.7 Å². The van der Waals surface area contributed by atoms with Crippen LogP contribution < -0.4 is 5.32 Å². The first-order valence-electron chi connectivity index (χ1n) is 7.26. The van der Waals surface area contributed by atoms with E-state index in [1.165, 1.54) is 15.3 Å². The Morgan fingerprint density at radius 1 is 1.14 bits per heavy atom. The molecule has 0 bridgehead atoms. The molecule has 2 rings (SSSR count). The molecule has 0 spiro atoms. The maximum atomic E-state index is 6.13. The second-order valence-corrected chi connectivity index (χ2v) is 7.61. The van der Waals surface area contributed by atoms with Crippen LogP contribution in [-0.2, 0) is 6.42 Å². The van der Waals surface area contributed by atoms with Gasteiger partial charge in [-0.1, -0.05) is 36.2 Å². The van der Waals surface area contributed by atoms with Gasteiger partial charge in [-0.2, -0.15) is 0 Å². The van der Waals surface area contributed by atoms with E-state index < -0.39 is 0 Å². The van der Waals surface area contributed by atoms with Crippen LogP contribution in [0.5, 0.6) is 0 Å². The molecule has 0 aliphatic heterocycles. The number of halogens is 2. The van der Waals surface area contributed by atoms with Gasteiger partial charge in [0.15, 0.2) is 0 Å². The third kappa shape index (κ3) is 4.72. The first kappa shape index (κ1) is 16.8. The van der Waals surface area contributed by atoms with Crippen LogP contribution in [0, 0.1) is 6.92 Å². The van der Waals surface area contributed by atoms with E-state index in [4.69, 9.17) is 23.2 Å².